The number of carbonyl (C=O) groups excluding carboxylic acids is 7. The fourth-order valence-corrected chi connectivity index (χ4v) is 1.63. The summed E-state index contributed by atoms with van der Waals surface area (Å²) in [5.74, 6) is 0.406. The van der Waals surface area contributed by atoms with Gasteiger partial charge in [0.2, 0.25) is 35.4 Å². The zero-order valence-electron chi connectivity index (χ0n) is 32.7. The van der Waals surface area contributed by atoms with Crippen molar-refractivity contribution >= 4 is 41.4 Å². The van der Waals surface area contributed by atoms with Crippen molar-refractivity contribution in [2.45, 2.75) is 88.5 Å². The smallest absolute Gasteiger partial charge is 0.251 e. The van der Waals surface area contributed by atoms with E-state index in [4.69, 9.17) is 0 Å². The Kier molecular flexibility index (Phi) is 60.7. The standard InChI is InChI=1S/C8H9NO.C5H11NO.3C4H9NO.2C3H7NO.C3H8/c1-9-8(10)7-5-3-2-4-6-7;1-4(2)5(7)6-3;2*1-3-4(6)5-2;1-3-5-4(2)6;2*1-3(5)4-2;1-3-2/h2-6H,1H3,(H,9,10);4H,1-3H3,(H,6,7);3*3H2,1-2H3,(H,5,6);2*1-2H3,(H,4,5);3H2,1-2H3. The number of hydrogen-bond donors (Lipinski definition) is 7. The number of benzene rings is 1. The van der Waals surface area contributed by atoms with Crippen LogP contribution < -0.4 is 37.2 Å². The molecule has 0 radical (unpaired) electrons. The summed E-state index contributed by atoms with van der Waals surface area (Å²) in [6.07, 6.45) is 2.41. The monoisotopic (exact) mass is 688 g/mol. The zero-order chi connectivity index (χ0) is 39.5. The van der Waals surface area contributed by atoms with E-state index in [2.05, 4.69) is 51.1 Å². The van der Waals surface area contributed by atoms with Crippen LogP contribution in [0.1, 0.15) is 98.9 Å². The van der Waals surface area contributed by atoms with Crippen LogP contribution in [0.5, 0.6) is 0 Å². The molecule has 282 valence electrons. The average molecular weight is 688 g/mol. The molecule has 1 aromatic rings. The van der Waals surface area contributed by atoms with Crippen LogP contribution in [0.15, 0.2) is 30.3 Å². The summed E-state index contributed by atoms with van der Waals surface area (Å²) in [6.45, 7) is 18.7. The molecule has 0 aliphatic carbocycles. The molecule has 14 heteroatoms. The molecule has 14 nitrogen and oxygen atoms in total. The van der Waals surface area contributed by atoms with Gasteiger partial charge >= 0.3 is 0 Å². The van der Waals surface area contributed by atoms with Gasteiger partial charge in [-0.05, 0) is 19.1 Å². The Bertz CT molecular complexity index is 886. The second-order valence-corrected chi connectivity index (χ2v) is 9.17. The van der Waals surface area contributed by atoms with Crippen LogP contribution in [0.25, 0.3) is 0 Å². The van der Waals surface area contributed by atoms with Crippen molar-refractivity contribution in [2.75, 3.05) is 48.8 Å². The third-order valence-corrected chi connectivity index (χ3v) is 4.36. The molecular weight excluding hydrogens is 618 g/mol. The van der Waals surface area contributed by atoms with E-state index in [1.807, 2.05) is 52.8 Å². The lowest BCUT2D eigenvalue weighted by Crippen LogP contribution is -2.22. The molecule has 0 unspecified atom stereocenters. The Morgan fingerprint density at radius 3 is 0.979 bits per heavy atom. The lowest BCUT2D eigenvalue weighted by molar-refractivity contribution is -0.123. The van der Waals surface area contributed by atoms with Gasteiger partial charge in [0.05, 0.1) is 0 Å². The van der Waals surface area contributed by atoms with Crippen LogP contribution in [-0.2, 0) is 28.8 Å². The second kappa shape index (κ2) is 49.4. The minimum absolute atomic E-state index is 0.00463. The van der Waals surface area contributed by atoms with Crippen LogP contribution in [0.3, 0.4) is 0 Å². The minimum Gasteiger partial charge on any atom is -0.359 e. The molecule has 0 heterocycles. The van der Waals surface area contributed by atoms with E-state index >= 15 is 0 Å². The van der Waals surface area contributed by atoms with Crippen molar-refractivity contribution in [2.24, 2.45) is 5.92 Å². The highest BCUT2D eigenvalue weighted by molar-refractivity contribution is 5.93. The molecule has 0 atom stereocenters. The fraction of sp³-hybridized carbons (Fsp3) is 0.618. The van der Waals surface area contributed by atoms with E-state index in [-0.39, 0.29) is 47.3 Å². The fourth-order valence-electron chi connectivity index (χ4n) is 1.63. The molecule has 7 N–H and O–H groups in total. The van der Waals surface area contributed by atoms with Crippen molar-refractivity contribution in [3.63, 3.8) is 0 Å². The first kappa shape index (κ1) is 59.0. The molecule has 0 spiro atoms. The van der Waals surface area contributed by atoms with Gasteiger partial charge in [-0.3, -0.25) is 33.6 Å². The molecule has 0 aliphatic heterocycles. The largest absolute Gasteiger partial charge is 0.359 e. The molecule has 1 rings (SSSR count). The highest BCUT2D eigenvalue weighted by Crippen LogP contribution is 1.96. The van der Waals surface area contributed by atoms with Crippen molar-refractivity contribution in [1.29, 1.82) is 0 Å². The first-order valence-electron chi connectivity index (χ1n) is 15.9. The maximum absolute atomic E-state index is 10.9. The Morgan fingerprint density at radius 1 is 0.542 bits per heavy atom. The van der Waals surface area contributed by atoms with Crippen molar-refractivity contribution in [3.05, 3.63) is 35.9 Å². The maximum atomic E-state index is 10.9. The molecule has 0 saturated carbocycles. The summed E-state index contributed by atoms with van der Waals surface area (Å²) >= 11 is 0. The summed E-state index contributed by atoms with van der Waals surface area (Å²) < 4.78 is 0. The lowest BCUT2D eigenvalue weighted by atomic mass is 10.2. The second-order valence-electron chi connectivity index (χ2n) is 9.17. The Balaban J connectivity index is -0.0000000818. The van der Waals surface area contributed by atoms with Gasteiger partial charge in [-0.25, -0.2) is 0 Å². The number of nitrogens with one attached hydrogen (secondary N) is 7. The van der Waals surface area contributed by atoms with Gasteiger partial charge in [-0.2, -0.15) is 0 Å². The molecule has 48 heavy (non-hydrogen) atoms. The van der Waals surface area contributed by atoms with Crippen LogP contribution >= 0.6 is 0 Å². The Hall–Kier alpha value is -4.49. The van der Waals surface area contributed by atoms with E-state index in [0.29, 0.717) is 18.4 Å². The van der Waals surface area contributed by atoms with Gasteiger partial charge in [-0.15, -0.1) is 0 Å². The first-order valence-corrected chi connectivity index (χ1v) is 15.9. The summed E-state index contributed by atoms with van der Waals surface area (Å²) in [7, 11) is 9.72. The SMILES string of the molecule is CCC.CCC(=O)NC.CCC(=O)NC.CCNC(C)=O.CNC(=O)C(C)C.CNC(=O)c1ccccc1.CNC(C)=O.CNC(C)=O. The predicted octanol–water partition coefficient (Wildman–Crippen LogP) is 2.78. The molecule has 0 aliphatic rings. The van der Waals surface area contributed by atoms with E-state index in [0.717, 1.165) is 6.54 Å². The van der Waals surface area contributed by atoms with Gasteiger partial charge in [0.15, 0.2) is 0 Å². The van der Waals surface area contributed by atoms with Gasteiger partial charge in [0, 0.05) is 93.9 Å². The van der Waals surface area contributed by atoms with Gasteiger partial charge in [0.25, 0.3) is 5.91 Å². The molecule has 0 fully saturated rings. The van der Waals surface area contributed by atoms with E-state index in [1.54, 1.807) is 54.4 Å². The van der Waals surface area contributed by atoms with Crippen LogP contribution in [-0.4, -0.2) is 90.2 Å². The third-order valence-electron chi connectivity index (χ3n) is 4.36. The Labute approximate surface area is 291 Å². The van der Waals surface area contributed by atoms with Crippen molar-refractivity contribution in [1.82, 2.24) is 37.2 Å². The summed E-state index contributed by atoms with van der Waals surface area (Å²) in [4.78, 5) is 70.8. The normalized spacial score (nSPS) is 7.85. The summed E-state index contributed by atoms with van der Waals surface area (Å²) in [6, 6.07) is 9.11. The molecule has 7 amide bonds. The molecule has 1 aromatic carbocycles. The quantitative estimate of drug-likeness (QED) is 0.246. The summed E-state index contributed by atoms with van der Waals surface area (Å²) in [5.41, 5.74) is 0.699. The van der Waals surface area contributed by atoms with Gasteiger partial charge < -0.3 is 37.2 Å². The average Bonchev–Trinajstić information content (AvgIpc) is 3.08. The first-order chi connectivity index (χ1) is 22.4. The van der Waals surface area contributed by atoms with Crippen LogP contribution in [0, 0.1) is 5.92 Å². The lowest BCUT2D eigenvalue weighted by Gasteiger charge is -1.98. The number of hydrogen-bond acceptors (Lipinski definition) is 7. The maximum Gasteiger partial charge on any atom is 0.251 e. The molecular formula is C34H69N7O7. The molecule has 0 bridgehead atoms. The predicted molar refractivity (Wildman–Crippen MR) is 197 cm³/mol. The topological polar surface area (TPSA) is 204 Å². The highest BCUT2D eigenvalue weighted by atomic mass is 16.2. The minimum atomic E-state index is -0.0411. The highest BCUT2D eigenvalue weighted by Gasteiger charge is 2.00. The summed E-state index contributed by atoms with van der Waals surface area (Å²) in [5, 5.41) is 17.4. The molecule has 0 aromatic heterocycles. The van der Waals surface area contributed by atoms with Crippen molar-refractivity contribution in [3.8, 4) is 0 Å². The number of carbonyl (C=O) groups is 7. The van der Waals surface area contributed by atoms with Crippen LogP contribution in [0.4, 0.5) is 0 Å². The van der Waals surface area contributed by atoms with E-state index < -0.39 is 0 Å². The van der Waals surface area contributed by atoms with Gasteiger partial charge in [0.1, 0.15) is 0 Å². The zero-order valence-corrected chi connectivity index (χ0v) is 32.7. The molecule has 0 saturated heterocycles. The third kappa shape index (κ3) is 73.2. The van der Waals surface area contributed by atoms with Gasteiger partial charge in [-0.1, -0.05) is 66.2 Å². The number of rotatable bonds is 5. The van der Waals surface area contributed by atoms with Crippen molar-refractivity contribution < 1.29 is 33.6 Å². The van der Waals surface area contributed by atoms with E-state index in [9.17, 15) is 33.6 Å². The number of amides is 7. The Morgan fingerprint density at radius 2 is 0.875 bits per heavy atom. The van der Waals surface area contributed by atoms with Crippen LogP contribution in [0.2, 0.25) is 0 Å². The van der Waals surface area contributed by atoms with E-state index in [1.165, 1.54) is 27.2 Å².